The van der Waals surface area contributed by atoms with E-state index >= 15 is 0 Å². The van der Waals surface area contributed by atoms with E-state index < -0.39 is 12.1 Å². The van der Waals surface area contributed by atoms with E-state index in [0.717, 1.165) is 5.57 Å². The van der Waals surface area contributed by atoms with Gasteiger partial charge >= 0.3 is 5.97 Å². The van der Waals surface area contributed by atoms with Gasteiger partial charge in [-0.05, 0) is 25.8 Å². The molecule has 0 unspecified atom stereocenters. The maximum atomic E-state index is 12.2. The summed E-state index contributed by atoms with van der Waals surface area (Å²) in [7, 11) is 1.55. The molecule has 0 aromatic heterocycles. The molecule has 0 N–H and O–H groups in total. The van der Waals surface area contributed by atoms with E-state index in [-0.39, 0.29) is 30.0 Å². The van der Waals surface area contributed by atoms with Gasteiger partial charge in [0.05, 0.1) is 6.10 Å². The molecule has 0 bridgehead atoms. The van der Waals surface area contributed by atoms with E-state index in [1.54, 1.807) is 7.11 Å². The minimum Gasteiger partial charge on any atom is -0.453 e. The van der Waals surface area contributed by atoms with Crippen LogP contribution in [0.2, 0.25) is 0 Å². The maximum Gasteiger partial charge on any atom is 0.334 e. The molecule has 1 fully saturated rings. The Hall–Kier alpha value is -1.75. The number of carbonyl (C=O) groups is 3. The summed E-state index contributed by atoms with van der Waals surface area (Å²) in [6, 6.07) is 0. The lowest BCUT2D eigenvalue weighted by atomic mass is 9.86. The second-order valence-corrected chi connectivity index (χ2v) is 5.65. The van der Waals surface area contributed by atoms with Gasteiger partial charge in [0.2, 0.25) is 0 Å². The van der Waals surface area contributed by atoms with Gasteiger partial charge in [0, 0.05) is 37.0 Å². The van der Waals surface area contributed by atoms with Crippen molar-refractivity contribution in [2.45, 2.75) is 45.3 Å². The molecule has 1 saturated heterocycles. The fraction of sp³-hybridized carbons (Fsp3) is 0.562. The Balaban J connectivity index is 2.30. The Bertz CT molecular complexity index is 543. The summed E-state index contributed by atoms with van der Waals surface area (Å²) in [6.45, 7) is 7.08. The SMILES string of the molecule is C=C1C(=O)O[C@H](C2=C(C)[C@H](OC)CC2=O)[C@H]1CCC(C)=O. The first kappa shape index (κ1) is 15.6. The van der Waals surface area contributed by atoms with Crippen molar-refractivity contribution in [3.63, 3.8) is 0 Å². The Kier molecular flexibility index (Phi) is 4.42. The average Bonchev–Trinajstić information content (AvgIpc) is 2.85. The summed E-state index contributed by atoms with van der Waals surface area (Å²) < 4.78 is 10.6. The van der Waals surface area contributed by atoms with E-state index in [9.17, 15) is 14.4 Å². The minimum absolute atomic E-state index is 0.0408. The molecular weight excluding hydrogens is 272 g/mol. The number of Topliss-reactive ketones (excluding diaryl/α,β-unsaturated/α-hetero) is 2. The highest BCUT2D eigenvalue weighted by atomic mass is 16.6. The number of ketones is 2. The van der Waals surface area contributed by atoms with Crippen LogP contribution in [0.3, 0.4) is 0 Å². The summed E-state index contributed by atoms with van der Waals surface area (Å²) in [6.07, 6.45) is 0.195. The normalized spacial score (nSPS) is 29.3. The minimum atomic E-state index is -0.628. The smallest absolute Gasteiger partial charge is 0.334 e. The summed E-state index contributed by atoms with van der Waals surface area (Å²) in [4.78, 5) is 35.2. The number of esters is 1. The predicted octanol–water partition coefficient (Wildman–Crippen LogP) is 1.76. The van der Waals surface area contributed by atoms with Gasteiger partial charge in [0.1, 0.15) is 11.9 Å². The molecule has 0 saturated carbocycles. The lowest BCUT2D eigenvalue weighted by molar-refractivity contribution is -0.138. The molecule has 2 rings (SSSR count). The number of methoxy groups -OCH3 is 1. The van der Waals surface area contributed by atoms with Gasteiger partial charge in [0.25, 0.3) is 0 Å². The van der Waals surface area contributed by atoms with Crippen LogP contribution in [0.1, 0.15) is 33.1 Å². The fourth-order valence-electron chi connectivity index (χ4n) is 3.02. The first-order valence-electron chi connectivity index (χ1n) is 7.02. The van der Waals surface area contributed by atoms with E-state index in [1.165, 1.54) is 6.92 Å². The topological polar surface area (TPSA) is 69.7 Å². The van der Waals surface area contributed by atoms with E-state index in [1.807, 2.05) is 6.92 Å². The molecule has 1 aliphatic heterocycles. The first-order valence-corrected chi connectivity index (χ1v) is 7.02. The Morgan fingerprint density at radius 3 is 2.62 bits per heavy atom. The number of hydrogen-bond donors (Lipinski definition) is 0. The van der Waals surface area contributed by atoms with Crippen molar-refractivity contribution in [2.24, 2.45) is 5.92 Å². The van der Waals surface area contributed by atoms with Crippen LogP contribution in [0, 0.1) is 5.92 Å². The van der Waals surface area contributed by atoms with Gasteiger partial charge in [-0.25, -0.2) is 4.79 Å². The zero-order chi connectivity index (χ0) is 15.7. The van der Waals surface area contributed by atoms with Gasteiger partial charge in [-0.2, -0.15) is 0 Å². The summed E-state index contributed by atoms with van der Waals surface area (Å²) in [5.41, 5.74) is 1.67. The van der Waals surface area contributed by atoms with Gasteiger partial charge in [-0.15, -0.1) is 0 Å². The highest BCUT2D eigenvalue weighted by Gasteiger charge is 2.46. The van der Waals surface area contributed by atoms with Crippen LogP contribution in [-0.4, -0.2) is 36.9 Å². The van der Waals surface area contributed by atoms with Crippen molar-refractivity contribution in [1.82, 2.24) is 0 Å². The standard InChI is InChI=1S/C16H20O5/c1-8(17)5-6-11-9(2)16(19)21-15(11)14-10(3)13(20-4)7-12(14)18/h11,13,15H,2,5-7H2,1,3-4H3/t11-,13+,15-/m0/s1. The number of carbonyl (C=O) groups excluding carboxylic acids is 3. The average molecular weight is 292 g/mol. The van der Waals surface area contributed by atoms with Crippen molar-refractivity contribution in [3.05, 3.63) is 23.3 Å². The zero-order valence-corrected chi connectivity index (χ0v) is 12.6. The second-order valence-electron chi connectivity index (χ2n) is 5.65. The molecular formula is C16H20O5. The monoisotopic (exact) mass is 292 g/mol. The second kappa shape index (κ2) is 5.93. The van der Waals surface area contributed by atoms with Crippen molar-refractivity contribution >= 4 is 17.5 Å². The highest BCUT2D eigenvalue weighted by Crippen LogP contribution is 2.39. The van der Waals surface area contributed by atoms with Crippen LogP contribution in [0.5, 0.6) is 0 Å². The molecule has 114 valence electrons. The molecule has 1 aliphatic carbocycles. The summed E-state index contributed by atoms with van der Waals surface area (Å²) >= 11 is 0. The lowest BCUT2D eigenvalue weighted by Crippen LogP contribution is -2.24. The van der Waals surface area contributed by atoms with Crippen molar-refractivity contribution in [1.29, 1.82) is 0 Å². The summed E-state index contributed by atoms with van der Waals surface area (Å²) in [5, 5.41) is 0. The first-order chi connectivity index (χ1) is 9.86. The third-order valence-electron chi connectivity index (χ3n) is 4.26. The van der Waals surface area contributed by atoms with E-state index in [0.29, 0.717) is 24.0 Å². The van der Waals surface area contributed by atoms with Crippen LogP contribution in [0.4, 0.5) is 0 Å². The van der Waals surface area contributed by atoms with Gasteiger partial charge < -0.3 is 14.3 Å². The predicted molar refractivity (Wildman–Crippen MR) is 75.5 cm³/mol. The largest absolute Gasteiger partial charge is 0.453 e. The molecule has 0 aromatic carbocycles. The van der Waals surface area contributed by atoms with E-state index in [4.69, 9.17) is 9.47 Å². The molecule has 0 aromatic rings. The van der Waals surface area contributed by atoms with Crippen molar-refractivity contribution in [3.8, 4) is 0 Å². The lowest BCUT2D eigenvalue weighted by Gasteiger charge is -2.19. The number of cyclic esters (lactones) is 1. The van der Waals surface area contributed by atoms with Crippen LogP contribution < -0.4 is 0 Å². The third-order valence-corrected chi connectivity index (χ3v) is 4.26. The van der Waals surface area contributed by atoms with Gasteiger partial charge in [-0.3, -0.25) is 4.79 Å². The quantitative estimate of drug-likeness (QED) is 0.570. The number of rotatable bonds is 5. The van der Waals surface area contributed by atoms with Crippen molar-refractivity contribution in [2.75, 3.05) is 7.11 Å². The third kappa shape index (κ3) is 2.83. The maximum absolute atomic E-state index is 12.2. The van der Waals surface area contributed by atoms with E-state index in [2.05, 4.69) is 6.58 Å². The molecule has 0 amide bonds. The van der Waals surface area contributed by atoms with Gasteiger partial charge in [-0.1, -0.05) is 6.58 Å². The number of hydrogen-bond acceptors (Lipinski definition) is 5. The number of ether oxygens (including phenoxy) is 2. The van der Waals surface area contributed by atoms with Crippen LogP contribution in [0.25, 0.3) is 0 Å². The zero-order valence-electron chi connectivity index (χ0n) is 12.6. The fourth-order valence-corrected chi connectivity index (χ4v) is 3.02. The molecule has 21 heavy (non-hydrogen) atoms. The summed E-state index contributed by atoms with van der Waals surface area (Å²) in [5.74, 6) is -0.813. The Morgan fingerprint density at radius 2 is 2.10 bits per heavy atom. The van der Waals surface area contributed by atoms with Gasteiger partial charge in [0.15, 0.2) is 5.78 Å². The molecule has 0 radical (unpaired) electrons. The molecule has 0 spiro atoms. The van der Waals surface area contributed by atoms with Crippen LogP contribution >= 0.6 is 0 Å². The molecule has 5 heteroatoms. The molecule has 2 aliphatic rings. The Labute approximate surface area is 124 Å². The van der Waals surface area contributed by atoms with Crippen LogP contribution in [-0.2, 0) is 23.9 Å². The molecule has 1 heterocycles. The van der Waals surface area contributed by atoms with Crippen LogP contribution in [0.15, 0.2) is 23.3 Å². The highest BCUT2D eigenvalue weighted by molar-refractivity contribution is 6.02. The van der Waals surface area contributed by atoms with Crippen molar-refractivity contribution < 1.29 is 23.9 Å². The Morgan fingerprint density at radius 1 is 1.43 bits per heavy atom. The molecule has 3 atom stereocenters. The molecule has 5 nitrogen and oxygen atoms in total.